The van der Waals surface area contributed by atoms with E-state index in [2.05, 4.69) is 31.2 Å². The van der Waals surface area contributed by atoms with Crippen molar-refractivity contribution in [3.8, 4) is 5.75 Å². The van der Waals surface area contributed by atoms with Crippen LogP contribution in [0.5, 0.6) is 5.75 Å². The van der Waals surface area contributed by atoms with E-state index in [1.165, 1.54) is 0 Å². The second-order valence-corrected chi connectivity index (χ2v) is 7.98. The molecule has 1 aromatic carbocycles. The van der Waals surface area contributed by atoms with Crippen LogP contribution in [-0.4, -0.2) is 14.4 Å². The molecule has 3 heterocycles. The van der Waals surface area contributed by atoms with Gasteiger partial charge in [-0.25, -0.2) is 4.98 Å². The molecule has 0 atom stereocenters. The molecule has 3 aromatic heterocycles. The van der Waals surface area contributed by atoms with E-state index in [9.17, 15) is 0 Å². The molecule has 0 bridgehead atoms. The minimum Gasteiger partial charge on any atom is -0.485 e. The Hall–Kier alpha value is -2.28. The first-order valence-corrected chi connectivity index (χ1v) is 10.4. The van der Waals surface area contributed by atoms with Crippen LogP contribution in [0.15, 0.2) is 59.6 Å². The number of pyridine rings is 2. The van der Waals surface area contributed by atoms with Crippen LogP contribution in [-0.2, 0) is 13.2 Å². The molecule has 0 aliphatic rings. The van der Waals surface area contributed by atoms with Crippen LogP contribution >= 0.6 is 39.1 Å². The predicted molar refractivity (Wildman–Crippen MR) is 120 cm³/mol. The van der Waals surface area contributed by atoms with Gasteiger partial charge in [-0.15, -0.1) is 0 Å². The highest BCUT2D eigenvalue weighted by Gasteiger charge is 2.14. The van der Waals surface area contributed by atoms with Crippen molar-refractivity contribution in [1.29, 1.82) is 0 Å². The third-order valence-corrected chi connectivity index (χ3v) is 6.25. The Balaban J connectivity index is 1.55. The predicted octanol–water partition coefficient (Wildman–Crippen LogP) is 6.30. The SMILES string of the molecule is Cc1nc2c(OCc3c(Cl)ccc(NCc4ccncc4)c3Cl)cccn2c1Br. The van der Waals surface area contributed by atoms with Gasteiger partial charge >= 0.3 is 0 Å². The highest BCUT2D eigenvalue weighted by molar-refractivity contribution is 9.10. The standard InChI is InChI=1S/C21H17BrCl2N4O/c1-13-20(22)28-10-2-3-18(21(28)27-13)29-12-15-16(23)4-5-17(19(15)24)26-11-14-6-8-25-9-7-14/h2-10,26H,11-12H2,1H3. The van der Waals surface area contributed by atoms with Gasteiger partial charge in [0, 0.05) is 35.7 Å². The van der Waals surface area contributed by atoms with Crippen LogP contribution in [0.4, 0.5) is 5.69 Å². The zero-order valence-electron chi connectivity index (χ0n) is 15.5. The molecule has 1 N–H and O–H groups in total. The van der Waals surface area contributed by atoms with Crippen molar-refractivity contribution in [2.75, 3.05) is 5.32 Å². The summed E-state index contributed by atoms with van der Waals surface area (Å²) in [4.78, 5) is 8.59. The normalized spacial score (nSPS) is 11.0. The number of halogens is 3. The Labute approximate surface area is 186 Å². The molecule has 0 fully saturated rings. The zero-order valence-corrected chi connectivity index (χ0v) is 18.6. The number of benzene rings is 1. The lowest BCUT2D eigenvalue weighted by Crippen LogP contribution is -2.04. The number of fused-ring (bicyclic) bond motifs is 1. The first kappa shape index (κ1) is 20.0. The van der Waals surface area contributed by atoms with Gasteiger partial charge in [-0.1, -0.05) is 23.2 Å². The second kappa shape index (κ2) is 8.61. The van der Waals surface area contributed by atoms with E-state index < -0.39 is 0 Å². The number of rotatable bonds is 6. The quantitative estimate of drug-likeness (QED) is 0.344. The van der Waals surface area contributed by atoms with Crippen molar-refractivity contribution >= 4 is 50.5 Å². The van der Waals surface area contributed by atoms with E-state index in [-0.39, 0.29) is 6.61 Å². The lowest BCUT2D eigenvalue weighted by molar-refractivity contribution is 0.308. The molecular formula is C21H17BrCl2N4O. The third kappa shape index (κ3) is 4.20. The second-order valence-electron chi connectivity index (χ2n) is 6.44. The molecular weight excluding hydrogens is 475 g/mol. The molecule has 0 aliphatic heterocycles. The minimum atomic E-state index is 0.228. The zero-order chi connectivity index (χ0) is 20.4. The Morgan fingerprint density at radius 1 is 1.14 bits per heavy atom. The highest BCUT2D eigenvalue weighted by atomic mass is 79.9. The molecule has 0 saturated carbocycles. The molecule has 4 rings (SSSR count). The molecule has 0 amide bonds. The summed E-state index contributed by atoms with van der Waals surface area (Å²) in [6.07, 6.45) is 5.45. The maximum atomic E-state index is 6.63. The van der Waals surface area contributed by atoms with Gasteiger partial charge in [-0.05, 0) is 64.8 Å². The number of imidazole rings is 1. The summed E-state index contributed by atoms with van der Waals surface area (Å²) in [5, 5.41) is 4.43. The van der Waals surface area contributed by atoms with Crippen LogP contribution in [0.1, 0.15) is 16.8 Å². The smallest absolute Gasteiger partial charge is 0.180 e. The number of aromatic nitrogens is 3. The van der Waals surface area contributed by atoms with Crippen LogP contribution in [0.3, 0.4) is 0 Å². The van der Waals surface area contributed by atoms with Crippen molar-refractivity contribution < 1.29 is 4.74 Å². The number of aryl methyl sites for hydroxylation is 1. The number of hydrogen-bond donors (Lipinski definition) is 1. The number of nitrogens with zero attached hydrogens (tertiary/aromatic N) is 3. The van der Waals surface area contributed by atoms with Gasteiger partial charge in [0.15, 0.2) is 11.4 Å². The fraction of sp³-hybridized carbons (Fsp3) is 0.143. The van der Waals surface area contributed by atoms with E-state index in [0.717, 1.165) is 32.8 Å². The van der Waals surface area contributed by atoms with Crippen LogP contribution < -0.4 is 10.1 Å². The Bertz CT molecular complexity index is 1160. The number of nitrogens with one attached hydrogen (secondary N) is 1. The van der Waals surface area contributed by atoms with Gasteiger partial charge < -0.3 is 10.1 Å². The summed E-state index contributed by atoms with van der Waals surface area (Å²) >= 11 is 16.6. The Morgan fingerprint density at radius 2 is 1.93 bits per heavy atom. The fourth-order valence-corrected chi connectivity index (χ4v) is 3.88. The maximum Gasteiger partial charge on any atom is 0.180 e. The van der Waals surface area contributed by atoms with E-state index in [1.54, 1.807) is 12.4 Å². The van der Waals surface area contributed by atoms with Crippen LogP contribution in [0, 0.1) is 6.92 Å². The molecule has 0 unspecified atom stereocenters. The molecule has 0 saturated heterocycles. The molecule has 8 heteroatoms. The number of ether oxygens (including phenoxy) is 1. The highest BCUT2D eigenvalue weighted by Crippen LogP contribution is 2.34. The lowest BCUT2D eigenvalue weighted by atomic mass is 10.2. The van der Waals surface area contributed by atoms with Crippen molar-refractivity contribution in [2.24, 2.45) is 0 Å². The molecule has 29 heavy (non-hydrogen) atoms. The average Bonchev–Trinajstić information content (AvgIpc) is 3.03. The largest absolute Gasteiger partial charge is 0.485 e. The fourth-order valence-electron chi connectivity index (χ4n) is 2.95. The Kier molecular flexibility index (Phi) is 5.94. The van der Waals surface area contributed by atoms with Gasteiger partial charge in [0.25, 0.3) is 0 Å². The third-order valence-electron chi connectivity index (χ3n) is 4.51. The van der Waals surface area contributed by atoms with Crippen molar-refractivity contribution in [2.45, 2.75) is 20.1 Å². The van der Waals surface area contributed by atoms with Crippen molar-refractivity contribution in [3.05, 3.63) is 86.5 Å². The van der Waals surface area contributed by atoms with Gasteiger partial charge in [0.1, 0.15) is 11.2 Å². The summed E-state index contributed by atoms with van der Waals surface area (Å²) in [5.74, 6) is 0.656. The summed E-state index contributed by atoms with van der Waals surface area (Å²) in [6, 6.07) is 11.4. The van der Waals surface area contributed by atoms with Crippen molar-refractivity contribution in [3.63, 3.8) is 0 Å². The van der Waals surface area contributed by atoms with Gasteiger partial charge in [-0.3, -0.25) is 9.38 Å². The van der Waals surface area contributed by atoms with E-state index >= 15 is 0 Å². The monoisotopic (exact) mass is 490 g/mol. The summed E-state index contributed by atoms with van der Waals surface area (Å²) in [5.41, 5.74) is 4.24. The molecule has 4 aromatic rings. The average molecular weight is 492 g/mol. The number of hydrogen-bond acceptors (Lipinski definition) is 4. The molecule has 148 valence electrons. The first-order valence-electron chi connectivity index (χ1n) is 8.90. The summed E-state index contributed by atoms with van der Waals surface area (Å²) < 4.78 is 8.87. The summed E-state index contributed by atoms with van der Waals surface area (Å²) in [7, 11) is 0. The van der Waals surface area contributed by atoms with Gasteiger partial charge in [0.05, 0.1) is 16.4 Å². The van der Waals surface area contributed by atoms with Gasteiger partial charge in [0.2, 0.25) is 0 Å². The van der Waals surface area contributed by atoms with Crippen LogP contribution in [0.25, 0.3) is 5.65 Å². The van der Waals surface area contributed by atoms with Crippen LogP contribution in [0.2, 0.25) is 10.0 Å². The van der Waals surface area contributed by atoms with Gasteiger partial charge in [-0.2, -0.15) is 0 Å². The minimum absolute atomic E-state index is 0.228. The van der Waals surface area contributed by atoms with E-state index in [4.69, 9.17) is 27.9 Å². The Morgan fingerprint density at radius 3 is 2.72 bits per heavy atom. The van der Waals surface area contributed by atoms with E-state index in [1.807, 2.05) is 53.9 Å². The molecule has 0 spiro atoms. The first-order chi connectivity index (χ1) is 14.0. The lowest BCUT2D eigenvalue weighted by Gasteiger charge is -2.14. The topological polar surface area (TPSA) is 51.5 Å². The maximum absolute atomic E-state index is 6.63. The molecule has 0 aliphatic carbocycles. The van der Waals surface area contributed by atoms with Crippen molar-refractivity contribution in [1.82, 2.24) is 14.4 Å². The molecule has 5 nitrogen and oxygen atoms in total. The molecule has 0 radical (unpaired) electrons. The summed E-state index contributed by atoms with van der Waals surface area (Å²) in [6.45, 7) is 2.79. The van der Waals surface area contributed by atoms with E-state index in [0.29, 0.717) is 22.3 Å². The number of anilines is 1.